The molecule has 2 aromatic carbocycles. The van der Waals surface area contributed by atoms with Gasteiger partial charge in [0.05, 0.1) is 0 Å². The van der Waals surface area contributed by atoms with Gasteiger partial charge in [0.1, 0.15) is 5.82 Å². The molecule has 0 unspecified atom stereocenters. The lowest BCUT2D eigenvalue weighted by Gasteiger charge is -2.01. The van der Waals surface area contributed by atoms with Gasteiger partial charge in [-0.25, -0.2) is 4.39 Å². The van der Waals surface area contributed by atoms with Crippen molar-refractivity contribution in [2.75, 3.05) is 0 Å². The molecule has 0 radical (unpaired) electrons. The minimum atomic E-state index is -0.268. The quantitative estimate of drug-likeness (QED) is 0.485. The first kappa shape index (κ1) is 15.7. The van der Waals surface area contributed by atoms with Gasteiger partial charge in [-0.05, 0) is 42.0 Å². The Morgan fingerprint density at radius 3 is 2.55 bits per heavy atom. The van der Waals surface area contributed by atoms with Gasteiger partial charge >= 0.3 is 0 Å². The smallest absolute Gasteiger partial charge is 0.277 e. The number of rotatable bonds is 4. The average Bonchev–Trinajstić information content (AvgIpc) is 2.96. The van der Waals surface area contributed by atoms with Crippen molar-refractivity contribution in [1.82, 2.24) is 10.2 Å². The molecule has 0 spiro atoms. The first-order valence-electron chi connectivity index (χ1n) is 6.28. The first-order chi connectivity index (χ1) is 10.6. The Bertz CT molecular complexity index is 792. The molecule has 0 saturated carbocycles. The zero-order valence-electron chi connectivity index (χ0n) is 11.1. The molecule has 0 atom stereocenters. The Balaban J connectivity index is 1.70. The molecule has 3 nitrogen and oxygen atoms in total. The van der Waals surface area contributed by atoms with Crippen molar-refractivity contribution in [3.05, 3.63) is 62.8 Å². The maximum atomic E-state index is 13.0. The molecule has 0 bridgehead atoms. The normalized spacial score (nSPS) is 10.9. The molecule has 0 N–H and O–H groups in total. The molecule has 1 heterocycles. The van der Waals surface area contributed by atoms with E-state index in [0.29, 0.717) is 16.9 Å². The van der Waals surface area contributed by atoms with Crippen molar-refractivity contribution in [2.24, 2.45) is 0 Å². The summed E-state index contributed by atoms with van der Waals surface area (Å²) < 4.78 is 20.4. The Morgan fingerprint density at radius 1 is 1.05 bits per heavy atom. The van der Waals surface area contributed by atoms with E-state index in [2.05, 4.69) is 42.1 Å². The molecule has 3 aromatic rings. The van der Waals surface area contributed by atoms with Crippen LogP contribution in [0.25, 0.3) is 11.5 Å². The lowest BCUT2D eigenvalue weighted by molar-refractivity contribution is 0.466. The van der Waals surface area contributed by atoms with E-state index in [9.17, 15) is 4.39 Å². The molecule has 0 amide bonds. The largest absolute Gasteiger partial charge is 0.411 e. The highest BCUT2D eigenvalue weighted by molar-refractivity contribution is 9.10. The summed E-state index contributed by atoms with van der Waals surface area (Å²) in [7, 11) is 0. The van der Waals surface area contributed by atoms with Crippen molar-refractivity contribution in [2.45, 2.75) is 11.0 Å². The zero-order valence-corrected chi connectivity index (χ0v) is 15.1. The number of benzene rings is 2. The summed E-state index contributed by atoms with van der Waals surface area (Å²) in [6, 6.07) is 12.3. The number of hydrogen-bond donors (Lipinski definition) is 0. The van der Waals surface area contributed by atoms with Crippen molar-refractivity contribution < 1.29 is 8.81 Å². The van der Waals surface area contributed by atoms with E-state index in [1.165, 1.54) is 23.9 Å². The maximum absolute atomic E-state index is 13.0. The highest BCUT2D eigenvalue weighted by atomic mass is 79.9. The van der Waals surface area contributed by atoms with Gasteiger partial charge in [0.25, 0.3) is 5.22 Å². The van der Waals surface area contributed by atoms with Crippen molar-refractivity contribution >= 4 is 43.6 Å². The van der Waals surface area contributed by atoms with Crippen LogP contribution in [-0.2, 0) is 5.75 Å². The minimum absolute atomic E-state index is 0.268. The van der Waals surface area contributed by atoms with Crippen molar-refractivity contribution in [3.63, 3.8) is 0 Å². The predicted octanol–water partition coefficient (Wildman–Crippen LogP) is 5.69. The average molecular weight is 444 g/mol. The van der Waals surface area contributed by atoms with Gasteiger partial charge in [-0.1, -0.05) is 49.7 Å². The number of thioether (sulfide) groups is 1. The van der Waals surface area contributed by atoms with E-state index >= 15 is 0 Å². The van der Waals surface area contributed by atoms with E-state index in [1.54, 1.807) is 6.07 Å². The third kappa shape index (κ3) is 3.77. The Labute approximate surface area is 147 Å². The fourth-order valence-electron chi connectivity index (χ4n) is 1.76. The minimum Gasteiger partial charge on any atom is -0.411 e. The van der Waals surface area contributed by atoms with E-state index in [-0.39, 0.29) is 5.82 Å². The molecule has 3 rings (SSSR count). The van der Waals surface area contributed by atoms with Gasteiger partial charge in [0.2, 0.25) is 5.89 Å². The van der Waals surface area contributed by atoms with Gasteiger partial charge < -0.3 is 4.42 Å². The molecule has 112 valence electrons. The van der Waals surface area contributed by atoms with Gasteiger partial charge in [-0.2, -0.15) is 0 Å². The molecule has 0 saturated heterocycles. The summed E-state index contributed by atoms with van der Waals surface area (Å²) in [5.74, 6) is 0.826. The van der Waals surface area contributed by atoms with Crippen LogP contribution in [0.3, 0.4) is 0 Å². The summed E-state index contributed by atoms with van der Waals surface area (Å²) in [6.07, 6.45) is 0. The SMILES string of the molecule is Fc1ccc(CSc2nnc(-c3ccc(Br)cc3)o2)c(Br)c1. The van der Waals surface area contributed by atoms with Crippen LogP contribution >= 0.6 is 43.6 Å². The second kappa shape index (κ2) is 6.93. The molecule has 0 fully saturated rings. The predicted molar refractivity (Wildman–Crippen MR) is 91.1 cm³/mol. The number of hydrogen-bond acceptors (Lipinski definition) is 4. The van der Waals surface area contributed by atoms with Crippen LogP contribution in [0.5, 0.6) is 0 Å². The molecular formula is C15H9Br2FN2OS. The van der Waals surface area contributed by atoms with Gasteiger partial charge in [0, 0.05) is 20.3 Å². The molecule has 7 heteroatoms. The highest BCUT2D eigenvalue weighted by Gasteiger charge is 2.10. The second-order valence-corrected chi connectivity index (χ2v) is 7.10. The Morgan fingerprint density at radius 2 is 1.82 bits per heavy atom. The zero-order chi connectivity index (χ0) is 15.5. The molecule has 0 aliphatic carbocycles. The van der Waals surface area contributed by atoms with E-state index in [4.69, 9.17) is 4.42 Å². The van der Waals surface area contributed by atoms with Crippen LogP contribution in [0.15, 0.2) is 61.0 Å². The summed E-state index contributed by atoms with van der Waals surface area (Å²) in [6.45, 7) is 0. The Kier molecular flexibility index (Phi) is 4.95. The number of aromatic nitrogens is 2. The molecular weight excluding hydrogens is 435 g/mol. The van der Waals surface area contributed by atoms with Crippen LogP contribution in [0, 0.1) is 5.82 Å². The van der Waals surface area contributed by atoms with Gasteiger partial charge in [0.15, 0.2) is 0 Å². The fraction of sp³-hybridized carbons (Fsp3) is 0.0667. The topological polar surface area (TPSA) is 38.9 Å². The standard InChI is InChI=1S/C15H9Br2FN2OS/c16-11-4-1-9(2-5-11)14-19-20-15(21-14)22-8-10-3-6-12(18)7-13(10)17/h1-7H,8H2. The summed E-state index contributed by atoms with van der Waals surface area (Å²) >= 11 is 8.14. The lowest BCUT2D eigenvalue weighted by Crippen LogP contribution is -1.85. The highest BCUT2D eigenvalue weighted by Crippen LogP contribution is 2.29. The van der Waals surface area contributed by atoms with Crippen molar-refractivity contribution in [1.29, 1.82) is 0 Å². The van der Waals surface area contributed by atoms with Crippen LogP contribution < -0.4 is 0 Å². The number of nitrogens with zero attached hydrogens (tertiary/aromatic N) is 2. The second-order valence-electron chi connectivity index (χ2n) is 4.40. The van der Waals surface area contributed by atoms with Crippen LogP contribution in [0.2, 0.25) is 0 Å². The van der Waals surface area contributed by atoms with Gasteiger partial charge in [-0.3, -0.25) is 0 Å². The summed E-state index contributed by atoms with van der Waals surface area (Å²) in [5.41, 5.74) is 1.83. The monoisotopic (exact) mass is 442 g/mol. The van der Waals surface area contributed by atoms with Gasteiger partial charge in [-0.15, -0.1) is 10.2 Å². The fourth-order valence-corrected chi connectivity index (χ4v) is 3.46. The summed E-state index contributed by atoms with van der Waals surface area (Å²) in [5, 5.41) is 8.54. The third-order valence-electron chi connectivity index (χ3n) is 2.86. The summed E-state index contributed by atoms with van der Waals surface area (Å²) in [4.78, 5) is 0. The first-order valence-corrected chi connectivity index (χ1v) is 8.85. The van der Waals surface area contributed by atoms with Crippen molar-refractivity contribution in [3.8, 4) is 11.5 Å². The van der Waals surface area contributed by atoms with E-state index < -0.39 is 0 Å². The van der Waals surface area contributed by atoms with Crippen LogP contribution in [0.4, 0.5) is 4.39 Å². The van der Waals surface area contributed by atoms with Crippen LogP contribution in [-0.4, -0.2) is 10.2 Å². The lowest BCUT2D eigenvalue weighted by atomic mass is 10.2. The molecule has 0 aliphatic heterocycles. The molecule has 1 aromatic heterocycles. The van der Waals surface area contributed by atoms with E-state index in [0.717, 1.165) is 20.1 Å². The van der Waals surface area contributed by atoms with Crippen LogP contribution in [0.1, 0.15) is 5.56 Å². The molecule has 0 aliphatic rings. The third-order valence-corrected chi connectivity index (χ3v) is 5.00. The Hall–Kier alpha value is -1.18. The maximum Gasteiger partial charge on any atom is 0.277 e. The van der Waals surface area contributed by atoms with E-state index in [1.807, 2.05) is 24.3 Å². The molecule has 22 heavy (non-hydrogen) atoms. The number of halogens is 3.